The van der Waals surface area contributed by atoms with Gasteiger partial charge >= 0.3 is 0 Å². The Balaban J connectivity index is 1.92. The standard InChI is InChI=1S/C13H15BrO4S/c14-11-5-9-1-3-18-12(9)10(6-11)7-13(15)2-4-19(16,17)8-13/h5-6,15H,1-4,7-8H2. The third-order valence-corrected chi connectivity index (χ3v) is 5.97. The smallest absolute Gasteiger partial charge is 0.153 e. The van der Waals surface area contributed by atoms with E-state index in [9.17, 15) is 13.5 Å². The molecule has 1 N–H and O–H groups in total. The van der Waals surface area contributed by atoms with E-state index in [0.29, 0.717) is 19.4 Å². The van der Waals surface area contributed by atoms with E-state index in [1.807, 2.05) is 12.1 Å². The van der Waals surface area contributed by atoms with Gasteiger partial charge in [0, 0.05) is 17.3 Å². The number of fused-ring (bicyclic) bond motifs is 1. The van der Waals surface area contributed by atoms with Gasteiger partial charge in [-0.25, -0.2) is 8.42 Å². The van der Waals surface area contributed by atoms with E-state index in [1.54, 1.807) is 0 Å². The first kappa shape index (κ1) is 13.4. The zero-order valence-electron chi connectivity index (χ0n) is 10.4. The van der Waals surface area contributed by atoms with Gasteiger partial charge in [0.25, 0.3) is 0 Å². The average molecular weight is 347 g/mol. The third-order valence-electron chi connectivity index (χ3n) is 3.71. The molecule has 1 aromatic carbocycles. The summed E-state index contributed by atoms with van der Waals surface area (Å²) in [6, 6.07) is 3.92. The Labute approximate surface area is 120 Å². The molecule has 0 radical (unpaired) electrons. The van der Waals surface area contributed by atoms with Gasteiger partial charge in [-0.3, -0.25) is 0 Å². The number of benzene rings is 1. The summed E-state index contributed by atoms with van der Waals surface area (Å²) in [5.41, 5.74) is 0.856. The minimum absolute atomic E-state index is 0.0700. The molecule has 2 heterocycles. The van der Waals surface area contributed by atoms with Crippen molar-refractivity contribution in [3.63, 3.8) is 0 Å². The molecule has 4 nitrogen and oxygen atoms in total. The van der Waals surface area contributed by atoms with Crippen LogP contribution in [0.15, 0.2) is 16.6 Å². The fraction of sp³-hybridized carbons (Fsp3) is 0.538. The first-order valence-corrected chi connectivity index (χ1v) is 8.85. The second kappa shape index (κ2) is 4.46. The quantitative estimate of drug-likeness (QED) is 0.880. The highest BCUT2D eigenvalue weighted by Gasteiger charge is 2.41. The molecule has 19 heavy (non-hydrogen) atoms. The van der Waals surface area contributed by atoms with E-state index in [-0.39, 0.29) is 11.5 Å². The van der Waals surface area contributed by atoms with E-state index >= 15 is 0 Å². The van der Waals surface area contributed by atoms with Crippen LogP contribution >= 0.6 is 15.9 Å². The Kier molecular flexibility index (Phi) is 3.15. The van der Waals surface area contributed by atoms with E-state index in [1.165, 1.54) is 0 Å². The van der Waals surface area contributed by atoms with E-state index < -0.39 is 15.4 Å². The summed E-state index contributed by atoms with van der Waals surface area (Å²) in [7, 11) is -3.10. The van der Waals surface area contributed by atoms with Crippen LogP contribution < -0.4 is 4.74 Å². The van der Waals surface area contributed by atoms with Gasteiger partial charge in [0.05, 0.1) is 23.7 Å². The summed E-state index contributed by atoms with van der Waals surface area (Å²) in [5.74, 6) is 0.739. The minimum atomic E-state index is -3.10. The lowest BCUT2D eigenvalue weighted by Crippen LogP contribution is -2.32. The second-order valence-electron chi connectivity index (χ2n) is 5.39. The van der Waals surface area contributed by atoms with Gasteiger partial charge in [-0.15, -0.1) is 0 Å². The molecule has 0 aliphatic carbocycles. The molecule has 0 spiro atoms. The van der Waals surface area contributed by atoms with Crippen LogP contribution in [0.4, 0.5) is 0 Å². The van der Waals surface area contributed by atoms with Gasteiger partial charge in [0.15, 0.2) is 9.84 Å². The molecule has 1 unspecified atom stereocenters. The van der Waals surface area contributed by atoms with Crippen molar-refractivity contribution in [2.75, 3.05) is 18.1 Å². The van der Waals surface area contributed by atoms with Crippen LogP contribution in [0.5, 0.6) is 5.75 Å². The first-order chi connectivity index (χ1) is 8.87. The molecule has 0 aromatic heterocycles. The molecule has 3 rings (SSSR count). The maximum atomic E-state index is 11.5. The topological polar surface area (TPSA) is 63.6 Å². The third kappa shape index (κ3) is 2.66. The van der Waals surface area contributed by atoms with Crippen LogP contribution in [0.25, 0.3) is 0 Å². The molecule has 1 fully saturated rings. The van der Waals surface area contributed by atoms with Crippen molar-refractivity contribution in [2.45, 2.75) is 24.9 Å². The van der Waals surface area contributed by atoms with Crippen molar-refractivity contribution in [3.05, 3.63) is 27.7 Å². The van der Waals surface area contributed by atoms with Crippen LogP contribution in [0.3, 0.4) is 0 Å². The summed E-state index contributed by atoms with van der Waals surface area (Å²) in [6.45, 7) is 0.648. The first-order valence-electron chi connectivity index (χ1n) is 6.24. The number of halogens is 1. The number of ether oxygens (including phenoxy) is 1. The second-order valence-corrected chi connectivity index (χ2v) is 8.49. The van der Waals surface area contributed by atoms with E-state index in [2.05, 4.69) is 15.9 Å². The van der Waals surface area contributed by atoms with Crippen LogP contribution in [0, 0.1) is 0 Å². The number of aliphatic hydroxyl groups is 1. The predicted molar refractivity (Wildman–Crippen MR) is 75.3 cm³/mol. The van der Waals surface area contributed by atoms with E-state index in [4.69, 9.17) is 4.74 Å². The predicted octanol–water partition coefficient (Wildman–Crippen LogP) is 1.48. The van der Waals surface area contributed by atoms with Gasteiger partial charge in [0.2, 0.25) is 0 Å². The van der Waals surface area contributed by atoms with Crippen molar-refractivity contribution >= 4 is 25.8 Å². The molecule has 1 saturated heterocycles. The Morgan fingerprint density at radius 2 is 2.21 bits per heavy atom. The lowest BCUT2D eigenvalue weighted by atomic mass is 9.92. The summed E-state index contributed by atoms with van der Waals surface area (Å²) in [6.07, 6.45) is 1.49. The van der Waals surface area contributed by atoms with Crippen molar-refractivity contribution in [3.8, 4) is 5.75 Å². The zero-order valence-corrected chi connectivity index (χ0v) is 12.8. The maximum Gasteiger partial charge on any atom is 0.153 e. The summed E-state index contributed by atoms with van der Waals surface area (Å²) in [4.78, 5) is 0. The van der Waals surface area contributed by atoms with Gasteiger partial charge < -0.3 is 9.84 Å². The highest BCUT2D eigenvalue weighted by molar-refractivity contribution is 9.10. The zero-order chi connectivity index (χ0) is 13.7. The molecule has 0 amide bonds. The number of sulfone groups is 1. The van der Waals surface area contributed by atoms with Gasteiger partial charge in [-0.05, 0) is 29.7 Å². The monoisotopic (exact) mass is 346 g/mol. The minimum Gasteiger partial charge on any atom is -0.493 e. The van der Waals surface area contributed by atoms with Crippen molar-refractivity contribution in [1.82, 2.24) is 0 Å². The summed E-state index contributed by atoms with van der Waals surface area (Å²) < 4.78 is 29.6. The average Bonchev–Trinajstić information content (AvgIpc) is 2.83. The maximum absolute atomic E-state index is 11.5. The number of hydrogen-bond donors (Lipinski definition) is 1. The van der Waals surface area contributed by atoms with Crippen LogP contribution in [0.2, 0.25) is 0 Å². The Morgan fingerprint density at radius 1 is 1.42 bits per heavy atom. The van der Waals surface area contributed by atoms with Crippen molar-refractivity contribution < 1.29 is 18.3 Å². The molecule has 0 saturated carbocycles. The molecular formula is C13H15BrO4S. The Bertz CT molecular complexity index is 626. The molecule has 6 heteroatoms. The van der Waals surface area contributed by atoms with Gasteiger partial charge in [-0.2, -0.15) is 0 Å². The number of hydrogen-bond acceptors (Lipinski definition) is 4. The largest absolute Gasteiger partial charge is 0.493 e. The SMILES string of the molecule is O=S1(=O)CCC(O)(Cc2cc(Br)cc3c2OCC3)C1. The normalized spacial score (nSPS) is 28.1. The molecule has 2 aliphatic rings. The van der Waals surface area contributed by atoms with Crippen LogP contribution in [0.1, 0.15) is 17.5 Å². The van der Waals surface area contributed by atoms with Crippen molar-refractivity contribution in [1.29, 1.82) is 0 Å². The van der Waals surface area contributed by atoms with Gasteiger partial charge in [-0.1, -0.05) is 15.9 Å². The molecule has 104 valence electrons. The Hall–Kier alpha value is -0.590. The van der Waals surface area contributed by atoms with Crippen LogP contribution in [-0.2, 0) is 22.7 Å². The van der Waals surface area contributed by atoms with Crippen LogP contribution in [-0.4, -0.2) is 37.2 Å². The molecule has 0 bridgehead atoms. The molecule has 1 aromatic rings. The fourth-order valence-electron chi connectivity index (χ4n) is 2.87. The highest BCUT2D eigenvalue weighted by Crippen LogP contribution is 2.37. The molecule has 2 aliphatic heterocycles. The highest BCUT2D eigenvalue weighted by atomic mass is 79.9. The number of rotatable bonds is 2. The molecular weight excluding hydrogens is 332 g/mol. The Morgan fingerprint density at radius 3 is 2.89 bits per heavy atom. The fourth-order valence-corrected chi connectivity index (χ4v) is 5.32. The molecule has 1 atom stereocenters. The van der Waals surface area contributed by atoms with Gasteiger partial charge in [0.1, 0.15) is 5.75 Å². The summed E-state index contributed by atoms with van der Waals surface area (Å²) in [5, 5.41) is 10.5. The van der Waals surface area contributed by atoms with Crippen molar-refractivity contribution in [2.24, 2.45) is 0 Å². The summed E-state index contributed by atoms with van der Waals surface area (Å²) >= 11 is 3.45. The lowest BCUT2D eigenvalue weighted by molar-refractivity contribution is 0.0675. The lowest BCUT2D eigenvalue weighted by Gasteiger charge is -2.22. The van der Waals surface area contributed by atoms with E-state index in [0.717, 1.165) is 27.8 Å².